The predicted molar refractivity (Wildman–Crippen MR) is 66.4 cm³/mol. The Bertz CT molecular complexity index is 298. The lowest BCUT2D eigenvalue weighted by atomic mass is 10.0. The molecule has 86 valence electrons. The number of aryl methyl sites for hydroxylation is 2. The van der Waals surface area contributed by atoms with Crippen molar-refractivity contribution in [2.45, 2.75) is 46.3 Å². The van der Waals surface area contributed by atoms with Gasteiger partial charge in [0, 0.05) is 22.8 Å². The Labute approximate surface area is 96.3 Å². The van der Waals surface area contributed by atoms with Crippen LogP contribution >= 0.6 is 11.3 Å². The molecule has 0 aliphatic heterocycles. The van der Waals surface area contributed by atoms with Crippen LogP contribution in [0.4, 0.5) is 0 Å². The Morgan fingerprint density at radius 1 is 1.47 bits per heavy atom. The smallest absolute Gasteiger partial charge is 0.0741 e. The highest BCUT2D eigenvalue weighted by atomic mass is 32.1. The first kappa shape index (κ1) is 12.7. The quantitative estimate of drug-likeness (QED) is 0.810. The van der Waals surface area contributed by atoms with Gasteiger partial charge in [-0.25, -0.2) is 0 Å². The van der Waals surface area contributed by atoms with Crippen molar-refractivity contribution in [2.75, 3.05) is 6.54 Å². The van der Waals surface area contributed by atoms with Crippen LogP contribution in [0.2, 0.25) is 0 Å². The van der Waals surface area contributed by atoms with E-state index in [1.165, 1.54) is 15.3 Å². The zero-order valence-corrected chi connectivity index (χ0v) is 10.9. The number of nitrogens with one attached hydrogen (secondary N) is 1. The number of rotatable bonds is 5. The van der Waals surface area contributed by atoms with Crippen LogP contribution in [0.1, 0.15) is 35.6 Å². The van der Waals surface area contributed by atoms with Crippen molar-refractivity contribution >= 4 is 11.3 Å². The van der Waals surface area contributed by atoms with Gasteiger partial charge >= 0.3 is 0 Å². The van der Waals surface area contributed by atoms with Crippen LogP contribution in [0.25, 0.3) is 0 Å². The fourth-order valence-electron chi connectivity index (χ4n) is 1.32. The summed E-state index contributed by atoms with van der Waals surface area (Å²) in [6.45, 7) is 9.66. The summed E-state index contributed by atoms with van der Waals surface area (Å²) in [7, 11) is 0. The zero-order chi connectivity index (χ0) is 11.5. The van der Waals surface area contributed by atoms with Gasteiger partial charge in [0.15, 0.2) is 0 Å². The Balaban J connectivity index is 2.38. The minimum Gasteiger partial charge on any atom is -0.389 e. The molecule has 3 heteroatoms. The highest BCUT2D eigenvalue weighted by Gasteiger charge is 2.16. The third-order valence-corrected chi connectivity index (χ3v) is 3.94. The molecule has 0 aliphatic carbocycles. The van der Waals surface area contributed by atoms with Crippen LogP contribution in [0, 0.1) is 13.8 Å². The van der Waals surface area contributed by atoms with Crippen LogP contribution < -0.4 is 5.32 Å². The van der Waals surface area contributed by atoms with Crippen molar-refractivity contribution in [1.82, 2.24) is 5.32 Å². The van der Waals surface area contributed by atoms with E-state index < -0.39 is 5.60 Å². The van der Waals surface area contributed by atoms with Gasteiger partial charge in [0.2, 0.25) is 0 Å². The average Bonchev–Trinajstić information content (AvgIpc) is 2.46. The van der Waals surface area contributed by atoms with E-state index in [1.807, 2.05) is 25.2 Å². The molecular weight excluding hydrogens is 206 g/mol. The first-order valence-electron chi connectivity index (χ1n) is 5.43. The summed E-state index contributed by atoms with van der Waals surface area (Å²) in [6.07, 6.45) is 0.780. The second-order valence-corrected chi connectivity index (χ2v) is 5.75. The maximum atomic E-state index is 9.80. The Morgan fingerprint density at radius 2 is 2.13 bits per heavy atom. The molecule has 2 nitrogen and oxygen atoms in total. The highest BCUT2D eigenvalue weighted by Crippen LogP contribution is 2.20. The summed E-state index contributed by atoms with van der Waals surface area (Å²) in [5.41, 5.74) is 0.778. The molecule has 0 aromatic carbocycles. The largest absolute Gasteiger partial charge is 0.389 e. The van der Waals surface area contributed by atoms with Crippen LogP contribution in [0.5, 0.6) is 0 Å². The van der Waals surface area contributed by atoms with E-state index >= 15 is 0 Å². The average molecular weight is 227 g/mol. The molecule has 0 spiro atoms. The lowest BCUT2D eigenvalue weighted by molar-refractivity contribution is 0.0556. The summed E-state index contributed by atoms with van der Waals surface area (Å²) >= 11 is 1.83. The molecule has 0 saturated carbocycles. The molecule has 0 radical (unpaired) electrons. The van der Waals surface area contributed by atoms with E-state index in [0.29, 0.717) is 6.54 Å². The molecule has 0 fully saturated rings. The topological polar surface area (TPSA) is 32.3 Å². The van der Waals surface area contributed by atoms with Crippen molar-refractivity contribution in [1.29, 1.82) is 0 Å². The summed E-state index contributed by atoms with van der Waals surface area (Å²) in [6, 6.07) is 2.22. The fraction of sp³-hybridized carbons (Fsp3) is 0.667. The first-order chi connectivity index (χ1) is 6.94. The second kappa shape index (κ2) is 5.10. The molecule has 0 saturated heterocycles. The fourth-order valence-corrected chi connectivity index (χ4v) is 2.34. The van der Waals surface area contributed by atoms with Gasteiger partial charge in [-0.1, -0.05) is 6.92 Å². The lowest BCUT2D eigenvalue weighted by Crippen LogP contribution is -2.36. The summed E-state index contributed by atoms with van der Waals surface area (Å²) in [4.78, 5) is 2.73. The number of thiophene rings is 1. The van der Waals surface area contributed by atoms with Gasteiger partial charge in [0.05, 0.1) is 5.60 Å². The van der Waals surface area contributed by atoms with Crippen molar-refractivity contribution in [3.8, 4) is 0 Å². The molecule has 1 aromatic heterocycles. The number of hydrogen-bond acceptors (Lipinski definition) is 3. The number of hydrogen-bond donors (Lipinski definition) is 2. The van der Waals surface area contributed by atoms with Crippen molar-refractivity contribution in [3.63, 3.8) is 0 Å². The Hall–Kier alpha value is -0.380. The van der Waals surface area contributed by atoms with Gasteiger partial charge in [-0.05, 0) is 38.8 Å². The molecular formula is C12H21NOS. The Morgan fingerprint density at radius 3 is 2.60 bits per heavy atom. The van der Waals surface area contributed by atoms with E-state index in [4.69, 9.17) is 0 Å². The minimum absolute atomic E-state index is 0.582. The van der Waals surface area contributed by atoms with E-state index in [9.17, 15) is 5.11 Å². The van der Waals surface area contributed by atoms with E-state index in [1.54, 1.807) is 0 Å². The van der Waals surface area contributed by atoms with Crippen molar-refractivity contribution in [3.05, 3.63) is 21.4 Å². The van der Waals surface area contributed by atoms with E-state index in [2.05, 4.69) is 25.2 Å². The molecule has 15 heavy (non-hydrogen) atoms. The summed E-state index contributed by atoms with van der Waals surface area (Å²) < 4.78 is 0. The minimum atomic E-state index is -0.582. The molecule has 1 atom stereocenters. The van der Waals surface area contributed by atoms with Gasteiger partial charge in [-0.15, -0.1) is 11.3 Å². The van der Waals surface area contributed by atoms with E-state index in [-0.39, 0.29) is 0 Å². The first-order valence-corrected chi connectivity index (χ1v) is 6.25. The molecule has 2 N–H and O–H groups in total. The maximum absolute atomic E-state index is 9.80. The molecule has 0 amide bonds. The SMILES string of the molecule is CCC(C)(O)CNCc1cc(C)c(C)s1. The van der Waals surface area contributed by atoms with Crippen LogP contribution in [0.15, 0.2) is 6.07 Å². The number of aliphatic hydroxyl groups is 1. The zero-order valence-electron chi connectivity index (χ0n) is 10.1. The monoisotopic (exact) mass is 227 g/mol. The third-order valence-electron chi connectivity index (χ3n) is 2.78. The highest BCUT2D eigenvalue weighted by molar-refractivity contribution is 7.12. The van der Waals surface area contributed by atoms with Crippen LogP contribution in [-0.4, -0.2) is 17.3 Å². The molecule has 0 bridgehead atoms. The maximum Gasteiger partial charge on any atom is 0.0741 e. The Kier molecular flexibility index (Phi) is 4.32. The van der Waals surface area contributed by atoms with Crippen molar-refractivity contribution < 1.29 is 5.11 Å². The van der Waals surface area contributed by atoms with Gasteiger partial charge < -0.3 is 10.4 Å². The lowest BCUT2D eigenvalue weighted by Gasteiger charge is -2.21. The van der Waals surface area contributed by atoms with Crippen molar-refractivity contribution in [2.24, 2.45) is 0 Å². The molecule has 0 aliphatic rings. The standard InChI is InChI=1S/C12H21NOS/c1-5-12(4,14)8-13-7-11-6-9(2)10(3)15-11/h6,13-14H,5,7-8H2,1-4H3. The third kappa shape index (κ3) is 3.93. The predicted octanol–water partition coefficient (Wildman–Crippen LogP) is 2.62. The van der Waals surface area contributed by atoms with Crippen LogP contribution in [0.3, 0.4) is 0 Å². The van der Waals surface area contributed by atoms with Gasteiger partial charge in [-0.3, -0.25) is 0 Å². The van der Waals surface area contributed by atoms with Gasteiger partial charge in [0.1, 0.15) is 0 Å². The molecule has 1 unspecified atom stereocenters. The van der Waals surface area contributed by atoms with Gasteiger partial charge in [-0.2, -0.15) is 0 Å². The van der Waals surface area contributed by atoms with Gasteiger partial charge in [0.25, 0.3) is 0 Å². The second-order valence-electron chi connectivity index (χ2n) is 4.41. The normalized spacial score (nSPS) is 15.3. The molecule has 1 rings (SSSR count). The van der Waals surface area contributed by atoms with Crippen LogP contribution in [-0.2, 0) is 6.54 Å². The van der Waals surface area contributed by atoms with E-state index in [0.717, 1.165) is 13.0 Å². The summed E-state index contributed by atoms with van der Waals surface area (Å²) in [5, 5.41) is 13.1. The summed E-state index contributed by atoms with van der Waals surface area (Å²) in [5.74, 6) is 0. The molecule has 1 aromatic rings. The molecule has 1 heterocycles.